The number of nitro benzene ring substituents is 1. The minimum atomic E-state index is -0.669. The van der Waals surface area contributed by atoms with E-state index in [9.17, 15) is 24.5 Å². The van der Waals surface area contributed by atoms with Gasteiger partial charge in [-0.05, 0) is 43.4 Å². The van der Waals surface area contributed by atoms with Crippen LogP contribution in [0.1, 0.15) is 31.2 Å². The van der Waals surface area contributed by atoms with Gasteiger partial charge >= 0.3 is 6.09 Å². The summed E-state index contributed by atoms with van der Waals surface area (Å²) in [4.78, 5) is 53.9. The maximum Gasteiger partial charge on any atom is 0.410 e. The number of rotatable bonds is 5. The van der Waals surface area contributed by atoms with Crippen molar-refractivity contribution in [3.05, 3.63) is 39.9 Å². The monoisotopic (exact) mass is 476 g/mol. The summed E-state index contributed by atoms with van der Waals surface area (Å²) in [5.41, 5.74) is 0.571. The fraction of sp³-hybridized carbons (Fsp3) is 0.591. The molecule has 11 heteroatoms. The van der Waals surface area contributed by atoms with Gasteiger partial charge in [-0.25, -0.2) is 4.79 Å². The van der Waals surface area contributed by atoms with Crippen molar-refractivity contribution in [1.82, 2.24) is 14.7 Å². The van der Waals surface area contributed by atoms with Gasteiger partial charge in [-0.2, -0.15) is 12.6 Å². The van der Waals surface area contributed by atoms with Crippen LogP contribution < -0.4 is 0 Å². The Balaban J connectivity index is 1.33. The highest BCUT2D eigenvalue weighted by atomic mass is 32.1. The molecule has 4 rings (SSSR count). The van der Waals surface area contributed by atoms with Crippen molar-refractivity contribution >= 4 is 36.2 Å². The van der Waals surface area contributed by atoms with Crippen LogP contribution in [0.15, 0.2) is 24.3 Å². The van der Waals surface area contributed by atoms with Gasteiger partial charge in [-0.1, -0.05) is 0 Å². The summed E-state index contributed by atoms with van der Waals surface area (Å²) in [5.74, 6) is -0.223. The first-order valence-corrected chi connectivity index (χ1v) is 11.8. The summed E-state index contributed by atoms with van der Waals surface area (Å²) in [6.07, 6.45) is 2.51. The highest BCUT2D eigenvalue weighted by Gasteiger charge is 2.43. The van der Waals surface area contributed by atoms with E-state index in [0.29, 0.717) is 38.0 Å². The number of hydrogen-bond donors (Lipinski definition) is 1. The second kappa shape index (κ2) is 9.98. The van der Waals surface area contributed by atoms with Crippen molar-refractivity contribution in [2.24, 2.45) is 5.92 Å². The lowest BCUT2D eigenvalue weighted by atomic mass is 10.1. The van der Waals surface area contributed by atoms with Crippen molar-refractivity contribution < 1.29 is 24.0 Å². The van der Waals surface area contributed by atoms with E-state index in [0.717, 1.165) is 25.9 Å². The number of carbonyl (C=O) groups excluding carboxylic acids is 3. The molecule has 0 aromatic heterocycles. The van der Waals surface area contributed by atoms with Gasteiger partial charge in [0.15, 0.2) is 0 Å². The third-order valence-corrected chi connectivity index (χ3v) is 6.95. The predicted molar refractivity (Wildman–Crippen MR) is 122 cm³/mol. The number of benzene rings is 1. The van der Waals surface area contributed by atoms with Crippen molar-refractivity contribution in [3.63, 3.8) is 0 Å². The van der Waals surface area contributed by atoms with Crippen molar-refractivity contribution in [1.29, 1.82) is 0 Å². The molecule has 3 aliphatic rings. The van der Waals surface area contributed by atoms with Gasteiger partial charge in [0, 0.05) is 50.1 Å². The fourth-order valence-corrected chi connectivity index (χ4v) is 5.14. The Morgan fingerprint density at radius 1 is 1.03 bits per heavy atom. The van der Waals surface area contributed by atoms with Crippen LogP contribution in [0.3, 0.4) is 0 Å². The highest BCUT2D eigenvalue weighted by Crippen LogP contribution is 2.28. The molecular weight excluding hydrogens is 448 g/mol. The first-order valence-electron chi connectivity index (χ1n) is 11.3. The molecule has 3 aliphatic heterocycles. The maximum absolute atomic E-state index is 13.2. The van der Waals surface area contributed by atoms with E-state index in [1.807, 2.05) is 4.90 Å². The number of amides is 3. The van der Waals surface area contributed by atoms with Gasteiger partial charge in [0.05, 0.1) is 10.8 Å². The maximum atomic E-state index is 13.2. The van der Waals surface area contributed by atoms with E-state index in [1.54, 1.807) is 4.90 Å². The number of hydrogen-bond acceptors (Lipinski definition) is 7. The Bertz CT molecular complexity index is 920. The van der Waals surface area contributed by atoms with E-state index >= 15 is 0 Å². The molecule has 1 aromatic carbocycles. The summed E-state index contributed by atoms with van der Waals surface area (Å²) in [7, 11) is 0. The number of ether oxygens (including phenoxy) is 1. The van der Waals surface area contributed by atoms with Crippen LogP contribution in [0, 0.1) is 16.0 Å². The molecular formula is C22H28N4O6S. The van der Waals surface area contributed by atoms with Crippen molar-refractivity contribution in [2.45, 2.75) is 43.6 Å². The predicted octanol–water partition coefficient (Wildman–Crippen LogP) is 2.08. The lowest BCUT2D eigenvalue weighted by Gasteiger charge is -2.27. The average Bonchev–Trinajstić information content (AvgIpc) is 3.57. The van der Waals surface area contributed by atoms with Gasteiger partial charge in [0.2, 0.25) is 11.8 Å². The van der Waals surface area contributed by atoms with Crippen LogP contribution >= 0.6 is 12.6 Å². The van der Waals surface area contributed by atoms with Gasteiger partial charge in [0.25, 0.3) is 5.69 Å². The molecule has 3 fully saturated rings. The zero-order valence-electron chi connectivity index (χ0n) is 18.3. The molecule has 33 heavy (non-hydrogen) atoms. The lowest BCUT2D eigenvalue weighted by Crippen LogP contribution is -2.47. The van der Waals surface area contributed by atoms with E-state index in [4.69, 9.17) is 4.74 Å². The SMILES string of the molecule is O=C([C@@H]1CCN(C(=O)[C@@H]2C[C@H](S)CN2C(=O)OCc2ccc([N+](=O)[O-])cc2)C1)N1CCCC1. The smallest absolute Gasteiger partial charge is 0.410 e. The number of non-ortho nitro benzene ring substituents is 1. The molecule has 0 N–H and O–H groups in total. The average molecular weight is 477 g/mol. The van der Waals surface area contributed by atoms with Crippen LogP contribution in [0.2, 0.25) is 0 Å². The van der Waals surface area contributed by atoms with E-state index in [-0.39, 0.29) is 35.3 Å². The van der Waals surface area contributed by atoms with Crippen LogP contribution in [-0.4, -0.2) is 81.5 Å². The van der Waals surface area contributed by atoms with Gasteiger partial charge in [-0.15, -0.1) is 0 Å². The molecule has 0 aliphatic carbocycles. The Kier molecular flexibility index (Phi) is 7.06. The molecule has 3 saturated heterocycles. The number of carbonyl (C=O) groups is 3. The fourth-order valence-electron chi connectivity index (χ4n) is 4.76. The summed E-state index contributed by atoms with van der Waals surface area (Å²) >= 11 is 4.48. The molecule has 0 radical (unpaired) electrons. The van der Waals surface area contributed by atoms with E-state index < -0.39 is 17.1 Å². The molecule has 1 aromatic rings. The Morgan fingerprint density at radius 2 is 1.73 bits per heavy atom. The summed E-state index contributed by atoms with van der Waals surface area (Å²) in [5, 5.41) is 10.6. The van der Waals surface area contributed by atoms with E-state index in [2.05, 4.69) is 12.6 Å². The van der Waals surface area contributed by atoms with Gasteiger partial charge < -0.3 is 14.5 Å². The van der Waals surface area contributed by atoms with Crippen molar-refractivity contribution in [2.75, 3.05) is 32.7 Å². The topological polar surface area (TPSA) is 113 Å². The standard InChI is InChI=1S/C22H28N4O6S/c27-20(23-8-1-2-9-23)16-7-10-24(12-16)21(28)19-11-18(33)13-25(19)22(29)32-14-15-3-5-17(6-4-15)26(30)31/h3-6,16,18-19,33H,1-2,7-14H2/t16-,18+,19+/m1/s1. The highest BCUT2D eigenvalue weighted by molar-refractivity contribution is 7.81. The molecule has 0 saturated carbocycles. The summed E-state index contributed by atoms with van der Waals surface area (Å²) < 4.78 is 5.38. The minimum absolute atomic E-state index is 0.0414. The summed E-state index contributed by atoms with van der Waals surface area (Å²) in [6.45, 7) is 2.71. The second-order valence-electron chi connectivity index (χ2n) is 8.84. The minimum Gasteiger partial charge on any atom is -0.445 e. The third-order valence-electron chi connectivity index (χ3n) is 6.57. The number of nitro groups is 1. The number of thiol groups is 1. The molecule has 3 amide bonds. The Hall–Kier alpha value is -2.82. The quantitative estimate of drug-likeness (QED) is 0.395. The largest absolute Gasteiger partial charge is 0.445 e. The molecule has 0 bridgehead atoms. The third kappa shape index (κ3) is 5.23. The van der Waals surface area contributed by atoms with Crippen LogP contribution in [-0.2, 0) is 20.9 Å². The normalized spacial score (nSPS) is 24.9. The molecule has 10 nitrogen and oxygen atoms in total. The number of likely N-dealkylation sites (tertiary alicyclic amines) is 3. The zero-order chi connectivity index (χ0) is 23.5. The first-order chi connectivity index (χ1) is 15.8. The Labute approximate surface area is 197 Å². The van der Waals surface area contributed by atoms with Gasteiger partial charge in [0.1, 0.15) is 12.6 Å². The van der Waals surface area contributed by atoms with Crippen LogP contribution in [0.25, 0.3) is 0 Å². The second-order valence-corrected chi connectivity index (χ2v) is 9.57. The lowest BCUT2D eigenvalue weighted by molar-refractivity contribution is -0.384. The summed E-state index contributed by atoms with van der Waals surface area (Å²) in [6, 6.07) is 5.09. The van der Waals surface area contributed by atoms with Gasteiger partial charge in [-0.3, -0.25) is 24.6 Å². The van der Waals surface area contributed by atoms with Crippen LogP contribution in [0.5, 0.6) is 0 Å². The molecule has 178 valence electrons. The zero-order valence-corrected chi connectivity index (χ0v) is 19.2. The molecule has 0 unspecified atom stereocenters. The van der Waals surface area contributed by atoms with E-state index in [1.165, 1.54) is 29.2 Å². The van der Waals surface area contributed by atoms with Crippen LogP contribution in [0.4, 0.5) is 10.5 Å². The molecule has 3 atom stereocenters. The molecule has 0 spiro atoms. The van der Waals surface area contributed by atoms with Crippen molar-refractivity contribution in [3.8, 4) is 0 Å². The molecule has 3 heterocycles. The first kappa shape index (κ1) is 23.3. The number of nitrogens with zero attached hydrogens (tertiary/aromatic N) is 4. The Morgan fingerprint density at radius 3 is 2.39 bits per heavy atom.